The highest BCUT2D eigenvalue weighted by Crippen LogP contribution is 2.17. The summed E-state index contributed by atoms with van der Waals surface area (Å²) in [7, 11) is 0. The summed E-state index contributed by atoms with van der Waals surface area (Å²) in [5.74, 6) is 0. The molecule has 0 saturated carbocycles. The monoisotopic (exact) mass is 275 g/mol. The maximum Gasteiger partial charge on any atom is 0.0192 e. The molecule has 1 atom stereocenters. The van der Waals surface area contributed by atoms with Crippen molar-refractivity contribution in [1.82, 2.24) is 0 Å². The van der Waals surface area contributed by atoms with Gasteiger partial charge in [0.1, 0.15) is 0 Å². The van der Waals surface area contributed by atoms with Gasteiger partial charge in [-0.2, -0.15) is 0 Å². The summed E-state index contributed by atoms with van der Waals surface area (Å²) in [6.45, 7) is 4.17. The zero-order valence-electron chi connectivity index (χ0n) is 7.47. The quantitative estimate of drug-likeness (QED) is 0.824. The van der Waals surface area contributed by atoms with Gasteiger partial charge in [0.25, 0.3) is 0 Å². The summed E-state index contributed by atoms with van der Waals surface area (Å²) >= 11 is 2.38. The molecule has 0 aliphatic heterocycles. The van der Waals surface area contributed by atoms with Crippen LogP contribution in [0.5, 0.6) is 0 Å². The lowest BCUT2D eigenvalue weighted by molar-refractivity contribution is 0.735. The number of halogens is 1. The zero-order chi connectivity index (χ0) is 9.14. The molecule has 0 spiro atoms. The molecule has 0 aromatic heterocycles. The normalized spacial score (nSPS) is 13.0. The molecule has 1 aromatic rings. The molecule has 2 N–H and O–H groups in total. The minimum atomic E-state index is 0.250. The Morgan fingerprint density at radius 1 is 1.50 bits per heavy atom. The molecule has 0 aliphatic rings. The minimum absolute atomic E-state index is 0.250. The predicted octanol–water partition coefficient (Wildman–Crippen LogP) is 2.49. The van der Waals surface area contributed by atoms with Gasteiger partial charge >= 0.3 is 0 Å². The van der Waals surface area contributed by atoms with E-state index in [1.165, 1.54) is 14.7 Å². The van der Waals surface area contributed by atoms with Gasteiger partial charge in [-0.25, -0.2) is 0 Å². The van der Waals surface area contributed by atoms with Gasteiger partial charge in [-0.1, -0.05) is 18.2 Å². The highest BCUT2D eigenvalue weighted by molar-refractivity contribution is 14.1. The molecule has 2 heteroatoms. The van der Waals surface area contributed by atoms with Gasteiger partial charge in [-0.3, -0.25) is 0 Å². The summed E-state index contributed by atoms with van der Waals surface area (Å²) < 4.78 is 1.35. The van der Waals surface area contributed by atoms with Crippen molar-refractivity contribution in [2.75, 3.05) is 0 Å². The Morgan fingerprint density at radius 2 is 2.17 bits per heavy atom. The molecule has 66 valence electrons. The standard InChI is InChI=1S/C10H14IN/c1-7-4-3-5-9(10(7)11)6-8(2)12/h3-5,8H,6,12H2,1-2H3. The van der Waals surface area contributed by atoms with Crippen molar-refractivity contribution in [1.29, 1.82) is 0 Å². The van der Waals surface area contributed by atoms with Crippen LogP contribution in [0.25, 0.3) is 0 Å². The van der Waals surface area contributed by atoms with E-state index >= 15 is 0 Å². The minimum Gasteiger partial charge on any atom is -0.328 e. The molecule has 0 heterocycles. The smallest absolute Gasteiger partial charge is 0.0192 e. The van der Waals surface area contributed by atoms with E-state index in [0.29, 0.717) is 0 Å². The lowest BCUT2D eigenvalue weighted by Gasteiger charge is -2.08. The summed E-state index contributed by atoms with van der Waals surface area (Å²) in [4.78, 5) is 0. The van der Waals surface area contributed by atoms with Crippen molar-refractivity contribution < 1.29 is 0 Å². The SMILES string of the molecule is Cc1cccc(CC(C)N)c1I. The lowest BCUT2D eigenvalue weighted by Crippen LogP contribution is -2.18. The van der Waals surface area contributed by atoms with E-state index in [1.807, 2.05) is 6.92 Å². The number of rotatable bonds is 2. The van der Waals surface area contributed by atoms with Crippen molar-refractivity contribution in [3.8, 4) is 0 Å². The van der Waals surface area contributed by atoms with Crippen LogP contribution in [0.1, 0.15) is 18.1 Å². The Morgan fingerprint density at radius 3 is 2.75 bits per heavy atom. The van der Waals surface area contributed by atoms with Gasteiger partial charge in [0.15, 0.2) is 0 Å². The third-order valence-electron chi connectivity index (χ3n) is 1.81. The first kappa shape index (κ1) is 9.99. The highest BCUT2D eigenvalue weighted by atomic mass is 127. The topological polar surface area (TPSA) is 26.0 Å². The molecule has 0 fully saturated rings. The fourth-order valence-electron chi connectivity index (χ4n) is 1.21. The number of nitrogens with two attached hydrogens (primary N) is 1. The maximum atomic E-state index is 5.74. The molecule has 0 bridgehead atoms. The molecule has 12 heavy (non-hydrogen) atoms. The van der Waals surface area contributed by atoms with Crippen LogP contribution in [0.2, 0.25) is 0 Å². The molecule has 1 unspecified atom stereocenters. The number of benzene rings is 1. The Hall–Kier alpha value is -0.0900. The number of aryl methyl sites for hydroxylation is 1. The van der Waals surface area contributed by atoms with Crippen LogP contribution < -0.4 is 5.73 Å². The fraction of sp³-hybridized carbons (Fsp3) is 0.400. The van der Waals surface area contributed by atoms with Crippen molar-refractivity contribution >= 4 is 22.6 Å². The van der Waals surface area contributed by atoms with Crippen LogP contribution in [0.15, 0.2) is 18.2 Å². The second-order valence-electron chi connectivity index (χ2n) is 3.23. The van der Waals surface area contributed by atoms with Gasteiger partial charge < -0.3 is 5.73 Å². The van der Waals surface area contributed by atoms with Crippen LogP contribution in [-0.4, -0.2) is 6.04 Å². The van der Waals surface area contributed by atoms with Crippen molar-refractivity contribution in [2.45, 2.75) is 26.3 Å². The van der Waals surface area contributed by atoms with Gasteiger partial charge in [0.05, 0.1) is 0 Å². The van der Waals surface area contributed by atoms with Crippen molar-refractivity contribution in [3.63, 3.8) is 0 Å². The summed E-state index contributed by atoms with van der Waals surface area (Å²) in [6.07, 6.45) is 0.972. The molecule has 0 saturated heterocycles. The molecule has 0 radical (unpaired) electrons. The lowest BCUT2D eigenvalue weighted by atomic mass is 10.1. The van der Waals surface area contributed by atoms with Crippen LogP contribution >= 0.6 is 22.6 Å². The summed E-state index contributed by atoms with van der Waals surface area (Å²) in [6, 6.07) is 6.63. The Balaban J connectivity index is 2.92. The Labute approximate surface area is 87.5 Å². The first-order valence-corrected chi connectivity index (χ1v) is 5.18. The molecular weight excluding hydrogens is 261 g/mol. The van der Waals surface area contributed by atoms with E-state index in [4.69, 9.17) is 5.73 Å². The largest absolute Gasteiger partial charge is 0.328 e. The Bertz CT molecular complexity index is 269. The first-order chi connectivity index (χ1) is 5.61. The average molecular weight is 275 g/mol. The van der Waals surface area contributed by atoms with E-state index in [1.54, 1.807) is 0 Å². The molecule has 1 rings (SSSR count). The van der Waals surface area contributed by atoms with Gasteiger partial charge in [-0.05, 0) is 54.0 Å². The first-order valence-electron chi connectivity index (χ1n) is 4.11. The summed E-state index contributed by atoms with van der Waals surface area (Å²) in [5, 5.41) is 0. The third-order valence-corrected chi connectivity index (χ3v) is 3.36. The highest BCUT2D eigenvalue weighted by Gasteiger charge is 2.03. The van der Waals surface area contributed by atoms with Crippen LogP contribution in [0, 0.1) is 10.5 Å². The molecule has 0 amide bonds. The van der Waals surface area contributed by atoms with E-state index < -0.39 is 0 Å². The van der Waals surface area contributed by atoms with E-state index in [9.17, 15) is 0 Å². The third kappa shape index (κ3) is 2.45. The molecule has 1 nitrogen and oxygen atoms in total. The fourth-order valence-corrected chi connectivity index (χ4v) is 1.79. The van der Waals surface area contributed by atoms with Crippen molar-refractivity contribution in [2.24, 2.45) is 5.73 Å². The van der Waals surface area contributed by atoms with Gasteiger partial charge in [0.2, 0.25) is 0 Å². The molecular formula is C10H14IN. The number of hydrogen-bond acceptors (Lipinski definition) is 1. The molecule has 0 aliphatic carbocycles. The van der Waals surface area contributed by atoms with Crippen molar-refractivity contribution in [3.05, 3.63) is 32.9 Å². The average Bonchev–Trinajstić information content (AvgIpc) is 1.98. The van der Waals surface area contributed by atoms with Gasteiger partial charge in [0, 0.05) is 9.61 Å². The second kappa shape index (κ2) is 4.23. The maximum absolute atomic E-state index is 5.74. The van der Waals surface area contributed by atoms with Crippen LogP contribution in [-0.2, 0) is 6.42 Å². The van der Waals surface area contributed by atoms with Gasteiger partial charge in [-0.15, -0.1) is 0 Å². The van der Waals surface area contributed by atoms with Crippen LogP contribution in [0.3, 0.4) is 0 Å². The van der Waals surface area contributed by atoms with E-state index in [-0.39, 0.29) is 6.04 Å². The second-order valence-corrected chi connectivity index (χ2v) is 4.31. The predicted molar refractivity (Wildman–Crippen MR) is 61.2 cm³/mol. The number of hydrogen-bond donors (Lipinski definition) is 1. The van der Waals surface area contributed by atoms with Crippen LogP contribution in [0.4, 0.5) is 0 Å². The Kier molecular flexibility index (Phi) is 3.53. The molecule has 1 aromatic carbocycles. The van der Waals surface area contributed by atoms with E-state index in [2.05, 4.69) is 47.7 Å². The summed E-state index contributed by atoms with van der Waals surface area (Å²) in [5.41, 5.74) is 8.45. The zero-order valence-corrected chi connectivity index (χ0v) is 9.63. The van der Waals surface area contributed by atoms with E-state index in [0.717, 1.165) is 6.42 Å².